The molecule has 0 unspecified atom stereocenters. The van der Waals surface area contributed by atoms with E-state index in [9.17, 15) is 5.11 Å². The lowest BCUT2D eigenvalue weighted by atomic mass is 10.3. The highest BCUT2D eigenvalue weighted by Gasteiger charge is 2.21. The molecule has 0 aliphatic rings. The van der Waals surface area contributed by atoms with Crippen LogP contribution in [0.5, 0.6) is 5.75 Å². The molecule has 0 heterocycles. The van der Waals surface area contributed by atoms with Crippen LogP contribution in [0.4, 0.5) is 0 Å². The van der Waals surface area contributed by atoms with Crippen molar-refractivity contribution < 1.29 is 5.11 Å². The molecule has 1 rings (SSSR count). The number of phenols is 1. The molecule has 1 nitrogen and oxygen atoms in total. The number of phenolic OH excluding ortho intramolecular Hbond substituents is 1. The van der Waals surface area contributed by atoms with Crippen molar-refractivity contribution in [2.24, 2.45) is 0 Å². The maximum absolute atomic E-state index is 9.94. The molecule has 0 saturated carbocycles. The summed E-state index contributed by atoms with van der Waals surface area (Å²) in [6.07, 6.45) is 1.99. The van der Waals surface area contributed by atoms with Crippen molar-refractivity contribution in [2.75, 3.05) is 6.26 Å². The lowest BCUT2D eigenvalue weighted by molar-refractivity contribution is 0.466. The van der Waals surface area contributed by atoms with E-state index in [0.29, 0.717) is 5.75 Å². The van der Waals surface area contributed by atoms with Gasteiger partial charge in [0.15, 0.2) is 0 Å². The molecular formula is C10H16OSSi. The molecule has 13 heavy (non-hydrogen) atoms. The molecule has 0 amide bonds. The molecule has 3 heteroatoms. The van der Waals surface area contributed by atoms with Crippen LogP contribution in [0.1, 0.15) is 0 Å². The van der Waals surface area contributed by atoms with E-state index in [0.717, 1.165) is 10.1 Å². The first-order chi connectivity index (χ1) is 5.96. The van der Waals surface area contributed by atoms with Gasteiger partial charge in [-0.3, -0.25) is 0 Å². The van der Waals surface area contributed by atoms with Crippen LogP contribution in [0.2, 0.25) is 19.6 Å². The molecule has 0 saturated heterocycles. The Hall–Kier alpha value is -0.413. The number of hydrogen-bond acceptors (Lipinski definition) is 2. The molecule has 0 aromatic heterocycles. The average Bonchev–Trinajstić information content (AvgIpc) is 2.02. The Morgan fingerprint density at radius 3 is 2.31 bits per heavy atom. The van der Waals surface area contributed by atoms with Gasteiger partial charge in [-0.2, -0.15) is 0 Å². The standard InChI is InChI=1S/C10H16OSSi/c1-12-8-6-5-7-9(10(8)11)13(2,3)4/h5-7,11H,1-4H3. The highest BCUT2D eigenvalue weighted by atomic mass is 32.2. The lowest BCUT2D eigenvalue weighted by Crippen LogP contribution is -2.37. The van der Waals surface area contributed by atoms with Gasteiger partial charge in [0, 0.05) is 4.90 Å². The minimum atomic E-state index is -1.39. The van der Waals surface area contributed by atoms with E-state index in [-0.39, 0.29) is 0 Å². The van der Waals surface area contributed by atoms with Crippen molar-refractivity contribution in [3.63, 3.8) is 0 Å². The van der Waals surface area contributed by atoms with Crippen LogP contribution in [0, 0.1) is 0 Å². The fourth-order valence-corrected chi connectivity index (χ4v) is 3.34. The third-order valence-electron chi connectivity index (χ3n) is 2.03. The average molecular weight is 212 g/mol. The summed E-state index contributed by atoms with van der Waals surface area (Å²) < 4.78 is 0. The molecule has 0 fully saturated rings. The van der Waals surface area contributed by atoms with Crippen molar-refractivity contribution in [3.05, 3.63) is 18.2 Å². The van der Waals surface area contributed by atoms with Crippen LogP contribution in [-0.2, 0) is 0 Å². The normalized spacial score (nSPS) is 11.7. The van der Waals surface area contributed by atoms with Gasteiger partial charge in [-0.05, 0) is 17.5 Å². The van der Waals surface area contributed by atoms with E-state index >= 15 is 0 Å². The number of rotatable bonds is 2. The Labute approximate surface area is 85.2 Å². The molecule has 0 radical (unpaired) electrons. The topological polar surface area (TPSA) is 20.2 Å². The van der Waals surface area contributed by atoms with Crippen LogP contribution >= 0.6 is 11.8 Å². The van der Waals surface area contributed by atoms with Crippen molar-refractivity contribution in [1.29, 1.82) is 0 Å². The maximum atomic E-state index is 9.94. The van der Waals surface area contributed by atoms with Gasteiger partial charge >= 0.3 is 0 Å². The van der Waals surface area contributed by atoms with Gasteiger partial charge in [0.25, 0.3) is 0 Å². The zero-order valence-corrected chi connectivity index (χ0v) is 10.4. The van der Waals surface area contributed by atoms with E-state index in [2.05, 4.69) is 19.6 Å². The van der Waals surface area contributed by atoms with Crippen LogP contribution in [0.25, 0.3) is 0 Å². The van der Waals surface area contributed by atoms with Gasteiger partial charge in [-0.25, -0.2) is 0 Å². The number of thioether (sulfide) groups is 1. The van der Waals surface area contributed by atoms with Crippen molar-refractivity contribution in [2.45, 2.75) is 24.5 Å². The predicted octanol–water partition coefficient (Wildman–Crippen LogP) is 2.66. The monoisotopic (exact) mass is 212 g/mol. The third kappa shape index (κ3) is 2.29. The quantitative estimate of drug-likeness (QED) is 0.601. The molecule has 1 aromatic carbocycles. The zero-order chi connectivity index (χ0) is 10.1. The van der Waals surface area contributed by atoms with E-state index < -0.39 is 8.07 Å². The summed E-state index contributed by atoms with van der Waals surface area (Å²) >= 11 is 1.60. The first-order valence-corrected chi connectivity index (χ1v) is 9.05. The van der Waals surface area contributed by atoms with Gasteiger partial charge in [-0.15, -0.1) is 11.8 Å². The largest absolute Gasteiger partial charge is 0.507 e. The van der Waals surface area contributed by atoms with E-state index in [1.807, 2.05) is 24.5 Å². The SMILES string of the molecule is CSc1cccc([Si](C)(C)C)c1O. The number of para-hydroxylation sites is 1. The smallest absolute Gasteiger partial charge is 0.128 e. The molecule has 0 aliphatic carbocycles. The highest BCUT2D eigenvalue weighted by Crippen LogP contribution is 2.26. The number of aromatic hydroxyl groups is 1. The van der Waals surface area contributed by atoms with Gasteiger partial charge in [-0.1, -0.05) is 31.8 Å². The molecule has 72 valence electrons. The minimum absolute atomic E-state index is 0.495. The van der Waals surface area contributed by atoms with E-state index in [1.165, 1.54) is 0 Å². The van der Waals surface area contributed by atoms with Crippen LogP contribution in [-0.4, -0.2) is 19.4 Å². The van der Waals surface area contributed by atoms with Crippen LogP contribution in [0.3, 0.4) is 0 Å². The predicted molar refractivity (Wildman–Crippen MR) is 62.9 cm³/mol. The lowest BCUT2D eigenvalue weighted by Gasteiger charge is -2.19. The Bertz CT molecular complexity index is 304. The Morgan fingerprint density at radius 1 is 1.23 bits per heavy atom. The van der Waals surface area contributed by atoms with Gasteiger partial charge < -0.3 is 5.11 Å². The number of benzene rings is 1. The highest BCUT2D eigenvalue weighted by molar-refractivity contribution is 7.98. The van der Waals surface area contributed by atoms with Crippen molar-refractivity contribution in [3.8, 4) is 5.75 Å². The summed E-state index contributed by atoms with van der Waals surface area (Å²) in [5, 5.41) is 11.1. The summed E-state index contributed by atoms with van der Waals surface area (Å²) in [7, 11) is -1.39. The first kappa shape index (κ1) is 10.7. The minimum Gasteiger partial charge on any atom is -0.507 e. The Morgan fingerprint density at radius 2 is 1.85 bits per heavy atom. The second-order valence-corrected chi connectivity index (χ2v) is 9.99. The summed E-state index contributed by atoms with van der Waals surface area (Å²) in [5.74, 6) is 0.495. The molecule has 0 bridgehead atoms. The third-order valence-corrected chi connectivity index (χ3v) is 4.82. The first-order valence-electron chi connectivity index (χ1n) is 4.33. The molecule has 0 aliphatic heterocycles. The fourth-order valence-electron chi connectivity index (χ4n) is 1.29. The maximum Gasteiger partial charge on any atom is 0.128 e. The van der Waals surface area contributed by atoms with Gasteiger partial charge in [0.2, 0.25) is 0 Å². The summed E-state index contributed by atoms with van der Waals surface area (Å²) in [6, 6.07) is 6.03. The van der Waals surface area contributed by atoms with E-state index in [1.54, 1.807) is 11.8 Å². The molecule has 1 N–H and O–H groups in total. The van der Waals surface area contributed by atoms with Crippen LogP contribution in [0.15, 0.2) is 23.1 Å². The zero-order valence-electron chi connectivity index (χ0n) is 8.59. The summed E-state index contributed by atoms with van der Waals surface area (Å²) in [5.41, 5.74) is 0. The van der Waals surface area contributed by atoms with E-state index in [4.69, 9.17) is 0 Å². The van der Waals surface area contributed by atoms with Gasteiger partial charge in [0.05, 0.1) is 8.07 Å². The van der Waals surface area contributed by atoms with Crippen LogP contribution < -0.4 is 5.19 Å². The van der Waals surface area contributed by atoms with Gasteiger partial charge in [0.1, 0.15) is 5.75 Å². The van der Waals surface area contributed by atoms with Crippen molar-refractivity contribution in [1.82, 2.24) is 0 Å². The second kappa shape index (κ2) is 3.76. The second-order valence-electron chi connectivity index (χ2n) is 4.11. The summed E-state index contributed by atoms with van der Waals surface area (Å²) in [6.45, 7) is 6.73. The fraction of sp³-hybridized carbons (Fsp3) is 0.400. The molecule has 1 aromatic rings. The molecular weight excluding hydrogens is 196 g/mol. The summed E-state index contributed by atoms with van der Waals surface area (Å²) in [4.78, 5) is 0.986. The molecule has 0 atom stereocenters. The molecule has 0 spiro atoms. The Kier molecular flexibility index (Phi) is 3.08. The number of hydrogen-bond donors (Lipinski definition) is 1. The Balaban J connectivity index is 3.24. The van der Waals surface area contributed by atoms with Crippen molar-refractivity contribution >= 4 is 25.0 Å².